The molecule has 4 rings (SSSR count). The van der Waals surface area contributed by atoms with Crippen LogP contribution in [0.1, 0.15) is 18.9 Å². The summed E-state index contributed by atoms with van der Waals surface area (Å²) in [6.07, 6.45) is 2.12. The van der Waals surface area contributed by atoms with Gasteiger partial charge in [0, 0.05) is 43.7 Å². The summed E-state index contributed by atoms with van der Waals surface area (Å²) >= 11 is 0. The molecule has 3 heterocycles. The minimum Gasteiger partial charge on any atom is -0.369 e. The van der Waals surface area contributed by atoms with Gasteiger partial charge in [-0.05, 0) is 24.6 Å². The van der Waals surface area contributed by atoms with Crippen molar-refractivity contribution in [3.05, 3.63) is 34.7 Å². The van der Waals surface area contributed by atoms with E-state index in [9.17, 15) is 14.4 Å². The molecule has 1 unspecified atom stereocenters. The first-order valence-electron chi connectivity index (χ1n) is 8.44. The second-order valence-electron chi connectivity index (χ2n) is 6.37. The molecule has 0 saturated carbocycles. The van der Waals surface area contributed by atoms with Crippen LogP contribution >= 0.6 is 12.4 Å². The van der Waals surface area contributed by atoms with Crippen molar-refractivity contribution in [3.8, 4) is 0 Å². The number of aromatic nitrogens is 2. The fraction of sp³-hybridized carbons (Fsp3) is 0.412. The Balaban J connectivity index is 0.00000196. The van der Waals surface area contributed by atoms with Crippen LogP contribution in [0.25, 0.3) is 10.8 Å². The smallest absolute Gasteiger partial charge is 0.275 e. The Hall–Kier alpha value is -2.45. The van der Waals surface area contributed by atoms with Crippen LogP contribution in [0.15, 0.2) is 29.2 Å². The molecule has 1 aromatic heterocycles. The molecule has 2 aliphatic heterocycles. The second kappa shape index (κ2) is 7.43. The third-order valence-electron chi connectivity index (χ3n) is 4.78. The van der Waals surface area contributed by atoms with Gasteiger partial charge in [-0.25, -0.2) is 4.68 Å². The number of hydrogen-bond donors (Lipinski definition) is 2. The molecule has 2 fully saturated rings. The molecule has 0 aliphatic carbocycles. The number of piperidine rings is 1. The highest BCUT2D eigenvalue weighted by molar-refractivity contribution is 5.99. The van der Waals surface area contributed by atoms with Gasteiger partial charge in [0.05, 0.1) is 11.6 Å². The van der Waals surface area contributed by atoms with Gasteiger partial charge in [0.2, 0.25) is 5.91 Å². The standard InChI is InChI=1S/C17H19N5O3.ClH/c23-15-4-3-14(16(24)20-15)22-17(25)13-2-1-12(9-11(13)10-19-22)21-7-5-18-6-8-21;/h1-2,9-10,14,18H,3-8H2,(H,20,23,24);1H. The summed E-state index contributed by atoms with van der Waals surface area (Å²) in [5.41, 5.74) is 0.757. The van der Waals surface area contributed by atoms with E-state index < -0.39 is 11.9 Å². The molecule has 0 spiro atoms. The fourth-order valence-corrected chi connectivity index (χ4v) is 3.41. The highest BCUT2D eigenvalue weighted by Crippen LogP contribution is 2.22. The van der Waals surface area contributed by atoms with Gasteiger partial charge in [-0.3, -0.25) is 19.7 Å². The van der Waals surface area contributed by atoms with Gasteiger partial charge in [-0.2, -0.15) is 5.10 Å². The summed E-state index contributed by atoms with van der Waals surface area (Å²) in [7, 11) is 0. The number of amides is 2. The molecule has 2 N–H and O–H groups in total. The molecule has 1 atom stereocenters. The average Bonchev–Trinajstić information content (AvgIpc) is 2.63. The molecular weight excluding hydrogens is 358 g/mol. The Bertz CT molecular complexity index is 907. The predicted octanol–water partition coefficient (Wildman–Crippen LogP) is 0.206. The van der Waals surface area contributed by atoms with E-state index in [0.29, 0.717) is 11.8 Å². The van der Waals surface area contributed by atoms with Crippen LogP contribution < -0.4 is 21.1 Å². The summed E-state index contributed by atoms with van der Waals surface area (Å²) in [4.78, 5) is 38.3. The number of carbonyl (C=O) groups is 2. The molecule has 1 aromatic carbocycles. The van der Waals surface area contributed by atoms with Gasteiger partial charge in [0.1, 0.15) is 6.04 Å². The van der Waals surface area contributed by atoms with Crippen molar-refractivity contribution in [2.75, 3.05) is 31.1 Å². The first kappa shape index (κ1) is 18.3. The second-order valence-corrected chi connectivity index (χ2v) is 6.37. The van der Waals surface area contributed by atoms with E-state index in [1.807, 2.05) is 12.1 Å². The van der Waals surface area contributed by atoms with Crippen molar-refractivity contribution in [2.45, 2.75) is 18.9 Å². The number of fused-ring (bicyclic) bond motifs is 1. The largest absolute Gasteiger partial charge is 0.369 e. The van der Waals surface area contributed by atoms with E-state index in [1.54, 1.807) is 12.3 Å². The van der Waals surface area contributed by atoms with Gasteiger partial charge in [0.25, 0.3) is 11.5 Å². The number of rotatable bonds is 2. The predicted molar refractivity (Wildman–Crippen MR) is 99.8 cm³/mol. The lowest BCUT2D eigenvalue weighted by Gasteiger charge is -2.29. The van der Waals surface area contributed by atoms with Crippen molar-refractivity contribution in [2.24, 2.45) is 0 Å². The van der Waals surface area contributed by atoms with Crippen molar-refractivity contribution >= 4 is 40.7 Å². The molecule has 8 nitrogen and oxygen atoms in total. The molecule has 0 radical (unpaired) electrons. The molecule has 9 heteroatoms. The zero-order valence-corrected chi connectivity index (χ0v) is 14.9. The quantitative estimate of drug-likeness (QED) is 0.726. The van der Waals surface area contributed by atoms with Crippen LogP contribution in [0.5, 0.6) is 0 Å². The number of halogens is 1. The number of nitrogens with one attached hydrogen (secondary N) is 2. The van der Waals surface area contributed by atoms with Crippen molar-refractivity contribution < 1.29 is 9.59 Å². The zero-order chi connectivity index (χ0) is 17.4. The molecule has 2 aliphatic rings. The van der Waals surface area contributed by atoms with Crippen molar-refractivity contribution in [1.29, 1.82) is 0 Å². The number of anilines is 1. The lowest BCUT2D eigenvalue weighted by molar-refractivity contribution is -0.136. The molecule has 2 saturated heterocycles. The van der Waals surface area contributed by atoms with E-state index in [4.69, 9.17) is 0 Å². The highest BCUT2D eigenvalue weighted by atomic mass is 35.5. The topological polar surface area (TPSA) is 96.3 Å². The van der Waals surface area contributed by atoms with Crippen LogP contribution in [0.2, 0.25) is 0 Å². The number of piperazine rings is 1. The average molecular weight is 378 g/mol. The maximum absolute atomic E-state index is 12.8. The Labute approximate surface area is 156 Å². The Kier molecular flexibility index (Phi) is 5.24. The third-order valence-corrected chi connectivity index (χ3v) is 4.78. The van der Waals surface area contributed by atoms with E-state index in [0.717, 1.165) is 37.3 Å². The monoisotopic (exact) mass is 377 g/mol. The Morgan fingerprint density at radius 1 is 1.12 bits per heavy atom. The van der Waals surface area contributed by atoms with E-state index in [2.05, 4.69) is 20.6 Å². The summed E-state index contributed by atoms with van der Waals surface area (Å²) in [6.45, 7) is 3.72. The molecule has 2 aromatic rings. The van der Waals surface area contributed by atoms with Crippen LogP contribution in [0.3, 0.4) is 0 Å². The maximum Gasteiger partial charge on any atom is 0.275 e. The van der Waals surface area contributed by atoms with Crippen LogP contribution in [0, 0.1) is 0 Å². The van der Waals surface area contributed by atoms with Gasteiger partial charge in [0.15, 0.2) is 0 Å². The van der Waals surface area contributed by atoms with Crippen LogP contribution in [0.4, 0.5) is 5.69 Å². The molecule has 26 heavy (non-hydrogen) atoms. The number of imide groups is 1. The van der Waals surface area contributed by atoms with E-state index >= 15 is 0 Å². The number of benzene rings is 1. The van der Waals surface area contributed by atoms with Crippen molar-refractivity contribution in [1.82, 2.24) is 20.4 Å². The number of nitrogens with zero attached hydrogens (tertiary/aromatic N) is 3. The molecular formula is C17H20ClN5O3. The summed E-state index contributed by atoms with van der Waals surface area (Å²) in [6, 6.07) is 4.95. The molecule has 0 bridgehead atoms. The SMILES string of the molecule is Cl.O=C1CCC(n2ncc3cc(N4CCNCC4)ccc3c2=O)C(=O)N1. The lowest BCUT2D eigenvalue weighted by atomic mass is 10.1. The Morgan fingerprint density at radius 2 is 1.88 bits per heavy atom. The lowest BCUT2D eigenvalue weighted by Crippen LogP contribution is -2.45. The normalized spacial score (nSPS) is 20.6. The van der Waals surface area contributed by atoms with Gasteiger partial charge in [-0.15, -0.1) is 12.4 Å². The van der Waals surface area contributed by atoms with Gasteiger partial charge in [-0.1, -0.05) is 0 Å². The summed E-state index contributed by atoms with van der Waals surface area (Å²) < 4.78 is 1.19. The number of hydrogen-bond acceptors (Lipinski definition) is 6. The third kappa shape index (κ3) is 3.30. The van der Waals surface area contributed by atoms with Crippen LogP contribution in [-0.4, -0.2) is 47.8 Å². The van der Waals surface area contributed by atoms with Crippen LogP contribution in [-0.2, 0) is 9.59 Å². The van der Waals surface area contributed by atoms with E-state index in [-0.39, 0.29) is 30.3 Å². The molecule has 2 amide bonds. The molecule has 138 valence electrons. The van der Waals surface area contributed by atoms with E-state index in [1.165, 1.54) is 4.68 Å². The first-order valence-corrected chi connectivity index (χ1v) is 8.44. The summed E-state index contributed by atoms with van der Waals surface area (Å²) in [5.74, 6) is -0.779. The van der Waals surface area contributed by atoms with Crippen molar-refractivity contribution in [3.63, 3.8) is 0 Å². The van der Waals surface area contributed by atoms with Gasteiger partial charge >= 0.3 is 0 Å². The Morgan fingerprint density at radius 3 is 2.62 bits per heavy atom. The zero-order valence-electron chi connectivity index (χ0n) is 14.1. The fourth-order valence-electron chi connectivity index (χ4n) is 3.41. The minimum absolute atomic E-state index is 0. The van der Waals surface area contributed by atoms with Gasteiger partial charge < -0.3 is 10.2 Å². The minimum atomic E-state index is -0.734. The first-order chi connectivity index (χ1) is 12.1. The highest BCUT2D eigenvalue weighted by Gasteiger charge is 2.29. The maximum atomic E-state index is 12.8. The summed E-state index contributed by atoms with van der Waals surface area (Å²) in [5, 5.41) is 11.1. The number of carbonyl (C=O) groups excluding carboxylic acids is 2.